The van der Waals surface area contributed by atoms with Gasteiger partial charge >= 0.3 is 0 Å². The van der Waals surface area contributed by atoms with E-state index in [9.17, 15) is 9.59 Å². The van der Waals surface area contributed by atoms with Crippen LogP contribution in [0, 0.1) is 0 Å². The molecular weight excluding hydrogens is 430 g/mol. The van der Waals surface area contributed by atoms with E-state index < -0.39 is 0 Å². The Hall–Kier alpha value is -3.65. The number of nitrogens with one attached hydrogen (secondary N) is 1. The number of amides is 1. The van der Waals surface area contributed by atoms with Gasteiger partial charge in [-0.05, 0) is 55.3 Å². The maximum atomic E-state index is 13.3. The first kappa shape index (κ1) is 20.3. The van der Waals surface area contributed by atoms with Crippen LogP contribution in [-0.4, -0.2) is 32.6 Å². The molecule has 0 spiro atoms. The van der Waals surface area contributed by atoms with Crippen molar-refractivity contribution < 1.29 is 9.53 Å². The van der Waals surface area contributed by atoms with E-state index in [-0.39, 0.29) is 23.9 Å². The minimum Gasteiger partial charge on any atom is -0.497 e. The molecule has 4 aromatic rings. The quantitative estimate of drug-likeness (QED) is 0.484. The normalized spacial score (nSPS) is 13.3. The third kappa shape index (κ3) is 3.85. The third-order valence-electron chi connectivity index (χ3n) is 5.39. The second kappa shape index (κ2) is 8.12. The van der Waals surface area contributed by atoms with Gasteiger partial charge in [-0.2, -0.15) is 10.2 Å². The average Bonchev–Trinajstić information content (AvgIpc) is 3.53. The topological polar surface area (TPSA) is 91.0 Å². The van der Waals surface area contributed by atoms with Gasteiger partial charge in [0.1, 0.15) is 17.8 Å². The number of ether oxygens (including phenoxy) is 1. The number of carbonyl (C=O) groups is 1. The van der Waals surface area contributed by atoms with Gasteiger partial charge in [0.2, 0.25) is 5.91 Å². The largest absolute Gasteiger partial charge is 0.497 e. The molecule has 2 aromatic carbocycles. The average molecular weight is 450 g/mol. The van der Waals surface area contributed by atoms with Crippen molar-refractivity contribution in [2.24, 2.45) is 0 Å². The Kier molecular flexibility index (Phi) is 5.14. The van der Waals surface area contributed by atoms with Crippen molar-refractivity contribution in [1.82, 2.24) is 19.6 Å². The van der Waals surface area contributed by atoms with E-state index >= 15 is 0 Å². The molecule has 2 heterocycles. The lowest BCUT2D eigenvalue weighted by atomic mass is 10.2. The van der Waals surface area contributed by atoms with Crippen LogP contribution < -0.4 is 15.6 Å². The Labute approximate surface area is 188 Å². The van der Waals surface area contributed by atoms with Crippen molar-refractivity contribution in [3.63, 3.8) is 0 Å². The molecule has 0 saturated heterocycles. The molecule has 0 radical (unpaired) electrons. The van der Waals surface area contributed by atoms with E-state index in [1.54, 1.807) is 60.5 Å². The Balaban J connectivity index is 1.52. The van der Waals surface area contributed by atoms with Crippen molar-refractivity contribution in [3.05, 3.63) is 75.8 Å². The van der Waals surface area contributed by atoms with Gasteiger partial charge in [0.15, 0.2) is 0 Å². The highest BCUT2D eigenvalue weighted by atomic mass is 35.5. The lowest BCUT2D eigenvalue weighted by molar-refractivity contribution is -0.117. The van der Waals surface area contributed by atoms with Crippen molar-refractivity contribution in [2.45, 2.75) is 25.3 Å². The number of nitrogens with zero attached hydrogens (tertiary/aromatic N) is 4. The van der Waals surface area contributed by atoms with Crippen LogP contribution in [-0.2, 0) is 11.3 Å². The fourth-order valence-electron chi connectivity index (χ4n) is 3.67. The number of benzene rings is 2. The summed E-state index contributed by atoms with van der Waals surface area (Å²) in [6.07, 6.45) is 3.67. The first-order valence-electron chi connectivity index (χ1n) is 10.2. The fraction of sp³-hybridized carbons (Fsp3) is 0.217. The molecule has 1 amide bonds. The molecule has 1 aliphatic rings. The van der Waals surface area contributed by atoms with Crippen LogP contribution in [0.4, 0.5) is 5.69 Å². The highest BCUT2D eigenvalue weighted by Crippen LogP contribution is 2.41. The number of hydrogen-bond donors (Lipinski definition) is 1. The summed E-state index contributed by atoms with van der Waals surface area (Å²) in [7, 11) is 1.58. The van der Waals surface area contributed by atoms with E-state index in [4.69, 9.17) is 16.3 Å². The Morgan fingerprint density at radius 1 is 1.22 bits per heavy atom. The third-order valence-corrected chi connectivity index (χ3v) is 5.63. The molecule has 9 heteroatoms. The maximum Gasteiger partial charge on any atom is 0.293 e. The standard InChI is InChI=1S/C23H20ClN5O3/c1-32-18-9-7-16(8-10-18)26-20(30)13-28-23(31)22-19(21(27-28)14-5-6-14)12-25-29(22)17-4-2-3-15(24)11-17/h2-4,7-12,14H,5-6,13H2,1H3,(H,26,30). The molecule has 162 valence electrons. The Morgan fingerprint density at radius 3 is 2.69 bits per heavy atom. The van der Waals surface area contributed by atoms with Crippen molar-refractivity contribution in [1.29, 1.82) is 0 Å². The van der Waals surface area contributed by atoms with Crippen molar-refractivity contribution in [2.75, 3.05) is 12.4 Å². The zero-order valence-corrected chi connectivity index (χ0v) is 18.0. The minimum absolute atomic E-state index is 0.207. The molecule has 1 N–H and O–H groups in total. The predicted octanol–water partition coefficient (Wildman–Crippen LogP) is 3.76. The number of methoxy groups -OCH3 is 1. The number of rotatable bonds is 6. The summed E-state index contributed by atoms with van der Waals surface area (Å²) >= 11 is 6.14. The number of aromatic nitrogens is 4. The van der Waals surface area contributed by atoms with Crippen LogP contribution in [0.15, 0.2) is 59.5 Å². The second-order valence-corrected chi connectivity index (χ2v) is 8.13. The SMILES string of the molecule is COc1ccc(NC(=O)Cn2nc(C3CC3)c3cnn(-c4cccc(Cl)c4)c3c2=O)cc1. The summed E-state index contributed by atoms with van der Waals surface area (Å²) in [6.45, 7) is -0.207. The predicted molar refractivity (Wildman–Crippen MR) is 122 cm³/mol. The lowest BCUT2D eigenvalue weighted by Crippen LogP contribution is -2.31. The number of carbonyl (C=O) groups excluding carboxylic acids is 1. The molecule has 5 rings (SSSR count). The number of halogens is 1. The summed E-state index contributed by atoms with van der Waals surface area (Å²) in [5.41, 5.74) is 2.08. The van der Waals surface area contributed by atoms with Gasteiger partial charge in [0.25, 0.3) is 5.56 Å². The van der Waals surface area contributed by atoms with Gasteiger partial charge in [-0.1, -0.05) is 17.7 Å². The molecule has 0 unspecified atom stereocenters. The van der Waals surface area contributed by atoms with Gasteiger partial charge in [-0.25, -0.2) is 9.36 Å². The van der Waals surface area contributed by atoms with Crippen LogP contribution in [0.3, 0.4) is 0 Å². The molecule has 32 heavy (non-hydrogen) atoms. The monoisotopic (exact) mass is 449 g/mol. The molecule has 0 atom stereocenters. The number of hydrogen-bond acceptors (Lipinski definition) is 5. The van der Waals surface area contributed by atoms with Gasteiger partial charge < -0.3 is 10.1 Å². The summed E-state index contributed by atoms with van der Waals surface area (Å²) in [6, 6.07) is 14.1. The molecule has 0 bridgehead atoms. The van der Waals surface area contributed by atoms with E-state index in [0.717, 1.165) is 18.5 Å². The van der Waals surface area contributed by atoms with Crippen LogP contribution in [0.1, 0.15) is 24.5 Å². The van der Waals surface area contributed by atoms with E-state index in [1.165, 1.54) is 4.68 Å². The van der Waals surface area contributed by atoms with E-state index in [1.807, 2.05) is 6.07 Å². The molecule has 1 saturated carbocycles. The summed E-state index contributed by atoms with van der Waals surface area (Å²) in [5, 5.41) is 13.0. The Morgan fingerprint density at radius 2 is 2.00 bits per heavy atom. The van der Waals surface area contributed by atoms with E-state index in [2.05, 4.69) is 15.5 Å². The van der Waals surface area contributed by atoms with Crippen LogP contribution in [0.5, 0.6) is 5.75 Å². The van der Waals surface area contributed by atoms with Gasteiger partial charge in [0, 0.05) is 22.0 Å². The number of fused-ring (bicyclic) bond motifs is 1. The summed E-state index contributed by atoms with van der Waals surface area (Å²) < 4.78 is 7.91. The second-order valence-electron chi connectivity index (χ2n) is 7.70. The van der Waals surface area contributed by atoms with Crippen molar-refractivity contribution >= 4 is 34.1 Å². The summed E-state index contributed by atoms with van der Waals surface area (Å²) in [4.78, 5) is 26.0. The Bertz CT molecular complexity index is 1370. The highest BCUT2D eigenvalue weighted by molar-refractivity contribution is 6.30. The zero-order valence-electron chi connectivity index (χ0n) is 17.3. The minimum atomic E-state index is -0.383. The molecule has 2 aromatic heterocycles. The van der Waals surface area contributed by atoms with Crippen LogP contribution >= 0.6 is 11.6 Å². The van der Waals surface area contributed by atoms with Crippen molar-refractivity contribution in [3.8, 4) is 11.4 Å². The zero-order chi connectivity index (χ0) is 22.2. The highest BCUT2D eigenvalue weighted by Gasteiger charge is 2.30. The first-order chi connectivity index (χ1) is 15.5. The van der Waals surface area contributed by atoms with Crippen LogP contribution in [0.2, 0.25) is 5.02 Å². The van der Waals surface area contributed by atoms with E-state index in [0.29, 0.717) is 33.0 Å². The maximum absolute atomic E-state index is 13.3. The first-order valence-corrected chi connectivity index (χ1v) is 10.6. The lowest BCUT2D eigenvalue weighted by Gasteiger charge is -2.11. The molecular formula is C23H20ClN5O3. The fourth-order valence-corrected chi connectivity index (χ4v) is 3.86. The van der Waals surface area contributed by atoms with Gasteiger partial charge in [-0.3, -0.25) is 9.59 Å². The molecule has 8 nitrogen and oxygen atoms in total. The van der Waals surface area contributed by atoms with Gasteiger partial charge in [0.05, 0.1) is 24.7 Å². The molecule has 1 fully saturated rings. The van der Waals surface area contributed by atoms with Crippen LogP contribution in [0.25, 0.3) is 16.6 Å². The smallest absolute Gasteiger partial charge is 0.293 e. The number of anilines is 1. The summed E-state index contributed by atoms with van der Waals surface area (Å²) in [5.74, 6) is 0.611. The molecule has 1 aliphatic carbocycles. The van der Waals surface area contributed by atoms with Gasteiger partial charge in [-0.15, -0.1) is 0 Å². The molecule has 0 aliphatic heterocycles.